The number of hydrazone groups is 1. The van der Waals surface area contributed by atoms with Crippen molar-refractivity contribution in [1.29, 1.82) is 0 Å². The molecule has 130 valence electrons. The summed E-state index contributed by atoms with van der Waals surface area (Å²) in [5.74, 6) is 0.291. The van der Waals surface area contributed by atoms with Gasteiger partial charge in [-0.2, -0.15) is 5.10 Å². The number of nitrogens with zero attached hydrogens (tertiary/aromatic N) is 2. The number of amides is 2. The summed E-state index contributed by atoms with van der Waals surface area (Å²) >= 11 is 3.39. The predicted octanol–water partition coefficient (Wildman–Crippen LogP) is 2.64. The van der Waals surface area contributed by atoms with Gasteiger partial charge in [-0.05, 0) is 60.3 Å². The molecule has 1 aromatic rings. The number of aryl methyl sites for hydroxylation is 1. The molecule has 0 atom stereocenters. The summed E-state index contributed by atoms with van der Waals surface area (Å²) in [5.41, 5.74) is 4.10. The Bertz CT molecular complexity index is 640. The first kappa shape index (κ1) is 18.4. The minimum atomic E-state index is -0.365. The second kappa shape index (κ2) is 8.82. The van der Waals surface area contributed by atoms with E-state index in [1.54, 1.807) is 13.0 Å². The molecule has 2 rings (SSSR count). The normalized spacial score (nSPS) is 14.6. The van der Waals surface area contributed by atoms with Crippen molar-refractivity contribution < 1.29 is 14.3 Å². The van der Waals surface area contributed by atoms with E-state index in [9.17, 15) is 9.59 Å². The molecule has 0 radical (unpaired) electrons. The Morgan fingerprint density at radius 2 is 2.04 bits per heavy atom. The van der Waals surface area contributed by atoms with Gasteiger partial charge in [0.1, 0.15) is 5.75 Å². The average molecular weight is 396 g/mol. The van der Waals surface area contributed by atoms with E-state index in [1.807, 2.05) is 24.0 Å². The number of benzene rings is 1. The Hall–Kier alpha value is -1.89. The maximum absolute atomic E-state index is 12.0. The molecule has 24 heavy (non-hydrogen) atoms. The summed E-state index contributed by atoms with van der Waals surface area (Å²) in [4.78, 5) is 25.6. The predicted molar refractivity (Wildman–Crippen MR) is 96.1 cm³/mol. The van der Waals surface area contributed by atoms with Crippen molar-refractivity contribution in [1.82, 2.24) is 10.3 Å². The van der Waals surface area contributed by atoms with Gasteiger partial charge in [-0.15, -0.1) is 0 Å². The van der Waals surface area contributed by atoms with Crippen LogP contribution >= 0.6 is 15.9 Å². The first-order valence-corrected chi connectivity index (χ1v) is 8.73. The number of carbonyl (C=O) groups is 2. The van der Waals surface area contributed by atoms with Crippen molar-refractivity contribution in [2.75, 3.05) is 19.7 Å². The Balaban J connectivity index is 1.76. The van der Waals surface area contributed by atoms with E-state index in [1.165, 1.54) is 0 Å². The quantitative estimate of drug-likeness (QED) is 0.594. The fourth-order valence-corrected chi connectivity index (χ4v) is 3.00. The zero-order valence-corrected chi connectivity index (χ0v) is 15.6. The molecule has 1 fully saturated rings. The molecule has 6 nitrogen and oxygen atoms in total. The highest BCUT2D eigenvalue weighted by Gasteiger charge is 2.18. The van der Waals surface area contributed by atoms with Gasteiger partial charge in [-0.1, -0.05) is 6.07 Å². The Morgan fingerprint density at radius 3 is 2.71 bits per heavy atom. The Kier molecular flexibility index (Phi) is 6.78. The number of halogens is 1. The minimum Gasteiger partial charge on any atom is -0.483 e. The molecule has 0 bridgehead atoms. The van der Waals surface area contributed by atoms with Crippen LogP contribution in [0.15, 0.2) is 27.8 Å². The third-order valence-corrected chi connectivity index (χ3v) is 4.30. The summed E-state index contributed by atoms with van der Waals surface area (Å²) in [7, 11) is 0. The monoisotopic (exact) mass is 395 g/mol. The van der Waals surface area contributed by atoms with Gasteiger partial charge in [0.15, 0.2) is 6.61 Å². The van der Waals surface area contributed by atoms with Crippen LogP contribution in [-0.4, -0.2) is 42.1 Å². The summed E-state index contributed by atoms with van der Waals surface area (Å²) in [6.45, 7) is 5.20. The third-order valence-electron chi connectivity index (χ3n) is 3.68. The highest BCUT2D eigenvalue weighted by Crippen LogP contribution is 2.25. The second-order valence-electron chi connectivity index (χ2n) is 5.87. The van der Waals surface area contributed by atoms with E-state index >= 15 is 0 Å². The molecule has 0 aromatic heterocycles. The minimum absolute atomic E-state index is 0.0582. The SMILES string of the molecule is CC(CC(=O)N1CCCC1)=NNC(=O)COc1ccc(C)cc1Br. The van der Waals surface area contributed by atoms with Crippen LogP contribution in [0.3, 0.4) is 0 Å². The van der Waals surface area contributed by atoms with Crippen LogP contribution in [0.5, 0.6) is 5.75 Å². The lowest BCUT2D eigenvalue weighted by molar-refractivity contribution is -0.129. The van der Waals surface area contributed by atoms with E-state index in [0.717, 1.165) is 36.0 Å². The molecule has 2 amide bonds. The van der Waals surface area contributed by atoms with Gasteiger partial charge in [0, 0.05) is 18.8 Å². The highest BCUT2D eigenvalue weighted by molar-refractivity contribution is 9.10. The van der Waals surface area contributed by atoms with Crippen molar-refractivity contribution >= 4 is 33.5 Å². The fraction of sp³-hybridized carbons (Fsp3) is 0.471. The van der Waals surface area contributed by atoms with Gasteiger partial charge in [0.05, 0.1) is 10.9 Å². The molecule has 0 aliphatic carbocycles. The molecular weight excluding hydrogens is 374 g/mol. The van der Waals surface area contributed by atoms with Crippen LogP contribution in [0.25, 0.3) is 0 Å². The van der Waals surface area contributed by atoms with E-state index in [2.05, 4.69) is 26.5 Å². The van der Waals surface area contributed by atoms with Crippen molar-refractivity contribution in [2.24, 2.45) is 5.10 Å². The zero-order chi connectivity index (χ0) is 17.5. The molecule has 1 aromatic carbocycles. The summed E-state index contributed by atoms with van der Waals surface area (Å²) in [6, 6.07) is 5.62. The Labute approximate surface area is 150 Å². The summed E-state index contributed by atoms with van der Waals surface area (Å²) < 4.78 is 6.24. The molecule has 1 N–H and O–H groups in total. The number of likely N-dealkylation sites (tertiary alicyclic amines) is 1. The van der Waals surface area contributed by atoms with Crippen LogP contribution in [0.1, 0.15) is 31.7 Å². The second-order valence-corrected chi connectivity index (χ2v) is 6.72. The lowest BCUT2D eigenvalue weighted by Gasteiger charge is -2.14. The Morgan fingerprint density at radius 1 is 1.33 bits per heavy atom. The van der Waals surface area contributed by atoms with Gasteiger partial charge in [-0.25, -0.2) is 5.43 Å². The van der Waals surface area contributed by atoms with Crippen LogP contribution in [0.4, 0.5) is 0 Å². The molecular formula is C17H22BrN3O3. The van der Waals surface area contributed by atoms with Crippen LogP contribution in [0, 0.1) is 6.92 Å². The topological polar surface area (TPSA) is 71.0 Å². The van der Waals surface area contributed by atoms with Crippen LogP contribution in [0.2, 0.25) is 0 Å². The maximum Gasteiger partial charge on any atom is 0.277 e. The zero-order valence-electron chi connectivity index (χ0n) is 14.0. The first-order chi connectivity index (χ1) is 11.5. The van der Waals surface area contributed by atoms with Gasteiger partial charge >= 0.3 is 0 Å². The smallest absolute Gasteiger partial charge is 0.277 e. The van der Waals surface area contributed by atoms with E-state index in [0.29, 0.717) is 11.5 Å². The molecule has 1 aliphatic rings. The number of ether oxygens (including phenoxy) is 1. The van der Waals surface area contributed by atoms with E-state index < -0.39 is 0 Å². The average Bonchev–Trinajstić information content (AvgIpc) is 3.06. The molecule has 1 heterocycles. The lowest BCUT2D eigenvalue weighted by atomic mass is 10.2. The van der Waals surface area contributed by atoms with Crippen LogP contribution in [-0.2, 0) is 9.59 Å². The molecule has 0 unspecified atom stereocenters. The summed E-state index contributed by atoms with van der Waals surface area (Å²) in [5, 5.41) is 3.96. The van der Waals surface area contributed by atoms with Crippen molar-refractivity contribution in [2.45, 2.75) is 33.1 Å². The standard InChI is InChI=1S/C17H22BrN3O3/c1-12-5-6-15(14(18)9-12)24-11-16(22)20-19-13(2)10-17(23)21-7-3-4-8-21/h5-6,9H,3-4,7-8,10-11H2,1-2H3,(H,20,22). The number of hydrogen-bond donors (Lipinski definition) is 1. The van der Waals surface area contributed by atoms with Crippen molar-refractivity contribution in [3.63, 3.8) is 0 Å². The molecule has 0 spiro atoms. The fourth-order valence-electron chi connectivity index (χ4n) is 2.39. The number of carbonyl (C=O) groups excluding carboxylic acids is 2. The highest BCUT2D eigenvalue weighted by atomic mass is 79.9. The van der Waals surface area contributed by atoms with Crippen LogP contribution < -0.4 is 10.2 Å². The molecule has 0 saturated carbocycles. The lowest BCUT2D eigenvalue weighted by Crippen LogP contribution is -2.30. The van der Waals surface area contributed by atoms with E-state index in [4.69, 9.17) is 4.74 Å². The summed E-state index contributed by atoms with van der Waals surface area (Å²) in [6.07, 6.45) is 2.35. The third kappa shape index (κ3) is 5.63. The first-order valence-electron chi connectivity index (χ1n) is 7.94. The number of hydrogen-bond acceptors (Lipinski definition) is 4. The van der Waals surface area contributed by atoms with Gasteiger partial charge in [0.2, 0.25) is 5.91 Å². The molecule has 1 saturated heterocycles. The van der Waals surface area contributed by atoms with Gasteiger partial charge in [0.25, 0.3) is 5.91 Å². The van der Waals surface area contributed by atoms with E-state index in [-0.39, 0.29) is 24.8 Å². The number of nitrogens with one attached hydrogen (secondary N) is 1. The maximum atomic E-state index is 12.0. The number of rotatable bonds is 6. The molecule has 1 aliphatic heterocycles. The molecule has 7 heteroatoms. The largest absolute Gasteiger partial charge is 0.483 e. The van der Waals surface area contributed by atoms with Gasteiger partial charge < -0.3 is 9.64 Å². The van der Waals surface area contributed by atoms with Gasteiger partial charge in [-0.3, -0.25) is 9.59 Å². The van der Waals surface area contributed by atoms with Crippen molar-refractivity contribution in [3.05, 3.63) is 28.2 Å². The van der Waals surface area contributed by atoms with Crippen molar-refractivity contribution in [3.8, 4) is 5.75 Å².